The molecule has 0 saturated carbocycles. The Balaban J connectivity index is 3.14. The zero-order valence-corrected chi connectivity index (χ0v) is 6.02. The summed E-state index contributed by atoms with van der Waals surface area (Å²) in [6, 6.07) is 4.78. The van der Waals surface area contributed by atoms with Crippen molar-refractivity contribution in [2.45, 2.75) is 6.92 Å². The topological polar surface area (TPSA) is 9.23 Å². The summed E-state index contributed by atoms with van der Waals surface area (Å²) >= 11 is 0. The van der Waals surface area contributed by atoms with Crippen molar-refractivity contribution in [1.82, 2.24) is 0 Å². The Hall–Kier alpha value is -1.05. The van der Waals surface area contributed by atoms with Gasteiger partial charge in [0.2, 0.25) is 0 Å². The van der Waals surface area contributed by atoms with Crippen LogP contribution < -0.4 is 4.74 Å². The summed E-state index contributed by atoms with van der Waals surface area (Å²) in [5, 5.41) is 0. The molecule has 0 amide bonds. The van der Waals surface area contributed by atoms with Crippen molar-refractivity contribution in [2.75, 3.05) is 7.11 Å². The van der Waals surface area contributed by atoms with Crippen LogP contribution in [0.4, 0.5) is 4.39 Å². The SMILES string of the molecule is COc1cccc(F)c1C. The van der Waals surface area contributed by atoms with E-state index in [-0.39, 0.29) is 5.82 Å². The molecule has 0 spiro atoms. The molecule has 0 heterocycles. The molecular weight excluding hydrogens is 131 g/mol. The Morgan fingerprint density at radius 1 is 1.40 bits per heavy atom. The molecule has 54 valence electrons. The zero-order chi connectivity index (χ0) is 7.56. The van der Waals surface area contributed by atoms with E-state index in [0.717, 1.165) is 0 Å². The van der Waals surface area contributed by atoms with Crippen molar-refractivity contribution >= 4 is 0 Å². The Morgan fingerprint density at radius 3 is 2.60 bits per heavy atom. The first kappa shape index (κ1) is 7.06. The fraction of sp³-hybridized carbons (Fsp3) is 0.250. The van der Waals surface area contributed by atoms with Crippen molar-refractivity contribution in [3.63, 3.8) is 0 Å². The molecule has 0 aromatic heterocycles. The minimum Gasteiger partial charge on any atom is -0.496 e. The maximum Gasteiger partial charge on any atom is 0.129 e. The van der Waals surface area contributed by atoms with Crippen molar-refractivity contribution in [3.05, 3.63) is 29.6 Å². The first-order valence-corrected chi connectivity index (χ1v) is 3.05. The summed E-state index contributed by atoms with van der Waals surface area (Å²) in [6.07, 6.45) is 0. The van der Waals surface area contributed by atoms with Crippen molar-refractivity contribution in [1.29, 1.82) is 0 Å². The van der Waals surface area contributed by atoms with Crippen LogP contribution in [0.1, 0.15) is 5.56 Å². The minimum absolute atomic E-state index is 0.223. The van der Waals surface area contributed by atoms with Gasteiger partial charge in [-0.25, -0.2) is 4.39 Å². The smallest absolute Gasteiger partial charge is 0.129 e. The number of methoxy groups -OCH3 is 1. The highest BCUT2D eigenvalue weighted by Crippen LogP contribution is 2.18. The van der Waals surface area contributed by atoms with Crippen LogP contribution in [0.5, 0.6) is 5.75 Å². The van der Waals surface area contributed by atoms with Crippen LogP contribution in [0.15, 0.2) is 18.2 Å². The lowest BCUT2D eigenvalue weighted by Gasteiger charge is -2.02. The highest BCUT2D eigenvalue weighted by Gasteiger charge is 2.00. The average Bonchev–Trinajstić information content (AvgIpc) is 1.95. The Morgan fingerprint density at radius 2 is 2.10 bits per heavy atom. The van der Waals surface area contributed by atoms with E-state index in [2.05, 4.69) is 0 Å². The lowest BCUT2D eigenvalue weighted by molar-refractivity contribution is 0.407. The summed E-state index contributed by atoms with van der Waals surface area (Å²) in [5.41, 5.74) is 0.560. The summed E-state index contributed by atoms with van der Waals surface area (Å²) in [7, 11) is 1.53. The highest BCUT2D eigenvalue weighted by molar-refractivity contribution is 5.32. The van der Waals surface area contributed by atoms with Gasteiger partial charge in [-0.3, -0.25) is 0 Å². The standard InChI is InChI=1S/C8H9FO/c1-6-7(9)4-3-5-8(6)10-2/h3-5H,1-2H3. The monoisotopic (exact) mass is 140 g/mol. The molecule has 0 fully saturated rings. The minimum atomic E-state index is -0.223. The molecule has 10 heavy (non-hydrogen) atoms. The first-order chi connectivity index (χ1) is 4.75. The lowest BCUT2D eigenvalue weighted by atomic mass is 10.2. The molecule has 0 unspecified atom stereocenters. The second kappa shape index (κ2) is 2.69. The van der Waals surface area contributed by atoms with Crippen LogP contribution in [-0.2, 0) is 0 Å². The van der Waals surface area contributed by atoms with Gasteiger partial charge in [-0.15, -0.1) is 0 Å². The molecule has 0 atom stereocenters. The van der Waals surface area contributed by atoms with Crippen molar-refractivity contribution in [2.24, 2.45) is 0 Å². The molecule has 0 aliphatic carbocycles. The normalized spacial score (nSPS) is 9.50. The molecule has 2 heteroatoms. The van der Waals surface area contributed by atoms with Crippen molar-refractivity contribution < 1.29 is 9.13 Å². The fourth-order valence-corrected chi connectivity index (χ4v) is 0.809. The van der Waals surface area contributed by atoms with Gasteiger partial charge >= 0.3 is 0 Å². The molecular formula is C8H9FO. The predicted octanol–water partition coefficient (Wildman–Crippen LogP) is 2.14. The van der Waals surface area contributed by atoms with E-state index in [9.17, 15) is 4.39 Å². The van der Waals surface area contributed by atoms with E-state index >= 15 is 0 Å². The average molecular weight is 140 g/mol. The molecule has 0 bridgehead atoms. The van der Waals surface area contributed by atoms with Gasteiger partial charge in [-0.05, 0) is 19.1 Å². The third-order valence-corrected chi connectivity index (χ3v) is 1.44. The lowest BCUT2D eigenvalue weighted by Crippen LogP contribution is -1.88. The maximum absolute atomic E-state index is 12.7. The molecule has 0 aliphatic heterocycles. The van der Waals surface area contributed by atoms with Crippen LogP contribution in [0.2, 0.25) is 0 Å². The van der Waals surface area contributed by atoms with Crippen LogP contribution in [0.3, 0.4) is 0 Å². The van der Waals surface area contributed by atoms with Gasteiger partial charge in [0.1, 0.15) is 11.6 Å². The number of ether oxygens (including phenoxy) is 1. The van der Waals surface area contributed by atoms with E-state index in [1.807, 2.05) is 0 Å². The molecule has 1 rings (SSSR count). The summed E-state index contributed by atoms with van der Waals surface area (Å²) in [6.45, 7) is 1.69. The number of halogens is 1. The van der Waals surface area contributed by atoms with Gasteiger partial charge in [0, 0.05) is 5.56 Å². The Labute approximate surface area is 59.4 Å². The van der Waals surface area contributed by atoms with E-state index in [4.69, 9.17) is 4.74 Å². The second-order valence-corrected chi connectivity index (χ2v) is 2.07. The summed E-state index contributed by atoms with van der Waals surface area (Å²) < 4.78 is 17.6. The Bertz CT molecular complexity index is 233. The molecule has 0 aliphatic rings. The molecule has 1 aromatic carbocycles. The van der Waals surface area contributed by atoms with E-state index in [1.54, 1.807) is 19.1 Å². The molecule has 0 saturated heterocycles. The third-order valence-electron chi connectivity index (χ3n) is 1.44. The number of rotatable bonds is 1. The molecule has 1 aromatic rings. The number of hydrogen-bond donors (Lipinski definition) is 0. The third kappa shape index (κ3) is 1.10. The van der Waals surface area contributed by atoms with Crippen LogP contribution in [0.25, 0.3) is 0 Å². The number of benzene rings is 1. The van der Waals surface area contributed by atoms with Gasteiger partial charge in [-0.1, -0.05) is 6.07 Å². The van der Waals surface area contributed by atoms with Crippen LogP contribution >= 0.6 is 0 Å². The van der Waals surface area contributed by atoms with Gasteiger partial charge in [-0.2, -0.15) is 0 Å². The summed E-state index contributed by atoms with van der Waals surface area (Å²) in [5.74, 6) is 0.374. The van der Waals surface area contributed by atoms with Crippen LogP contribution in [-0.4, -0.2) is 7.11 Å². The fourth-order valence-electron chi connectivity index (χ4n) is 0.809. The van der Waals surface area contributed by atoms with E-state index in [0.29, 0.717) is 11.3 Å². The molecule has 0 radical (unpaired) electrons. The highest BCUT2D eigenvalue weighted by atomic mass is 19.1. The van der Waals surface area contributed by atoms with Gasteiger partial charge in [0.05, 0.1) is 7.11 Å². The largest absolute Gasteiger partial charge is 0.496 e. The van der Waals surface area contributed by atoms with Gasteiger partial charge in [0.15, 0.2) is 0 Å². The van der Waals surface area contributed by atoms with Gasteiger partial charge in [0.25, 0.3) is 0 Å². The van der Waals surface area contributed by atoms with Crippen LogP contribution in [0, 0.1) is 12.7 Å². The van der Waals surface area contributed by atoms with Gasteiger partial charge < -0.3 is 4.74 Å². The molecule has 1 nitrogen and oxygen atoms in total. The predicted molar refractivity (Wildman–Crippen MR) is 37.7 cm³/mol. The zero-order valence-electron chi connectivity index (χ0n) is 6.02. The van der Waals surface area contributed by atoms with E-state index < -0.39 is 0 Å². The number of hydrogen-bond acceptors (Lipinski definition) is 1. The summed E-state index contributed by atoms with van der Waals surface area (Å²) in [4.78, 5) is 0. The van der Waals surface area contributed by atoms with E-state index in [1.165, 1.54) is 13.2 Å². The first-order valence-electron chi connectivity index (χ1n) is 3.05. The second-order valence-electron chi connectivity index (χ2n) is 2.07. The molecule has 0 N–H and O–H groups in total. The Kier molecular flexibility index (Phi) is 1.90. The maximum atomic E-state index is 12.7. The quantitative estimate of drug-likeness (QED) is 0.580. The van der Waals surface area contributed by atoms with Crippen molar-refractivity contribution in [3.8, 4) is 5.75 Å².